The average molecular weight is 240 g/mol. The molecule has 2 fully saturated rings. The molecule has 17 heavy (non-hydrogen) atoms. The van der Waals surface area contributed by atoms with E-state index >= 15 is 0 Å². The van der Waals surface area contributed by atoms with Crippen LogP contribution in [0.4, 0.5) is 0 Å². The molecule has 0 aromatic rings. The molecule has 0 spiro atoms. The molecule has 1 atom stereocenters. The molecule has 1 saturated carbocycles. The first-order valence-electron chi connectivity index (χ1n) is 6.90. The van der Waals surface area contributed by atoms with Crippen molar-refractivity contribution in [1.82, 2.24) is 10.6 Å². The maximum absolute atomic E-state index is 11.4. The molecular formula is C13H24N2O2. The molecule has 1 saturated heterocycles. The fraction of sp³-hybridized carbons (Fsp3) is 0.923. The number of ether oxygens (including phenoxy) is 1. The van der Waals surface area contributed by atoms with E-state index in [0.717, 1.165) is 37.9 Å². The van der Waals surface area contributed by atoms with Crippen LogP contribution < -0.4 is 10.6 Å². The highest BCUT2D eigenvalue weighted by Gasteiger charge is 2.21. The van der Waals surface area contributed by atoms with Crippen LogP contribution in [0.5, 0.6) is 0 Å². The Balaban J connectivity index is 1.42. The second kappa shape index (κ2) is 6.97. The molecule has 98 valence electrons. The van der Waals surface area contributed by atoms with Gasteiger partial charge in [-0.1, -0.05) is 0 Å². The summed E-state index contributed by atoms with van der Waals surface area (Å²) in [7, 11) is 0. The third-order valence-corrected chi connectivity index (χ3v) is 3.59. The topological polar surface area (TPSA) is 50.4 Å². The fourth-order valence-electron chi connectivity index (χ4n) is 2.22. The smallest absolute Gasteiger partial charge is 0.246 e. The summed E-state index contributed by atoms with van der Waals surface area (Å²) in [5, 5.41) is 6.30. The third-order valence-electron chi connectivity index (χ3n) is 3.59. The summed E-state index contributed by atoms with van der Waals surface area (Å²) < 4.78 is 5.41. The van der Waals surface area contributed by atoms with Crippen molar-refractivity contribution < 1.29 is 9.53 Å². The first-order valence-corrected chi connectivity index (χ1v) is 6.90. The molecule has 1 unspecified atom stereocenters. The van der Waals surface area contributed by atoms with Gasteiger partial charge in [-0.25, -0.2) is 0 Å². The zero-order valence-electron chi connectivity index (χ0n) is 10.5. The van der Waals surface area contributed by atoms with Crippen LogP contribution >= 0.6 is 0 Å². The van der Waals surface area contributed by atoms with Crippen molar-refractivity contribution in [1.29, 1.82) is 0 Å². The van der Waals surface area contributed by atoms with Crippen molar-refractivity contribution in [3.05, 3.63) is 0 Å². The summed E-state index contributed by atoms with van der Waals surface area (Å²) in [5.74, 6) is 1.52. The first-order chi connectivity index (χ1) is 8.34. The Hall–Kier alpha value is -0.610. The van der Waals surface area contributed by atoms with Gasteiger partial charge in [-0.15, -0.1) is 0 Å². The van der Waals surface area contributed by atoms with Crippen LogP contribution in [0.25, 0.3) is 0 Å². The number of carbonyl (C=O) groups is 1. The number of amides is 1. The second-order valence-electron chi connectivity index (χ2n) is 5.30. The van der Waals surface area contributed by atoms with Crippen LogP contribution in [0.3, 0.4) is 0 Å². The largest absolute Gasteiger partial charge is 0.372 e. The van der Waals surface area contributed by atoms with E-state index in [0.29, 0.717) is 6.61 Å². The maximum Gasteiger partial charge on any atom is 0.246 e. The van der Waals surface area contributed by atoms with Crippen LogP contribution in [0, 0.1) is 11.8 Å². The maximum atomic E-state index is 11.4. The molecule has 4 heteroatoms. The molecule has 0 radical (unpaired) electrons. The van der Waals surface area contributed by atoms with Gasteiger partial charge >= 0.3 is 0 Å². The minimum absolute atomic E-state index is 0.0404. The second-order valence-corrected chi connectivity index (χ2v) is 5.30. The summed E-state index contributed by atoms with van der Waals surface area (Å²) in [4.78, 5) is 11.4. The lowest BCUT2D eigenvalue weighted by atomic mass is 9.97. The Bertz CT molecular complexity index is 236. The van der Waals surface area contributed by atoms with Gasteiger partial charge in [-0.2, -0.15) is 0 Å². The van der Waals surface area contributed by atoms with E-state index in [1.54, 1.807) is 0 Å². The van der Waals surface area contributed by atoms with Crippen molar-refractivity contribution in [3.63, 3.8) is 0 Å². The molecule has 1 aliphatic heterocycles. The molecule has 2 rings (SSSR count). The molecule has 0 aromatic carbocycles. The Labute approximate surface area is 103 Å². The van der Waals surface area contributed by atoms with Gasteiger partial charge in [-0.05, 0) is 57.0 Å². The highest BCUT2D eigenvalue weighted by atomic mass is 16.5. The first kappa shape index (κ1) is 12.8. The third kappa shape index (κ3) is 5.50. The van der Waals surface area contributed by atoms with Crippen LogP contribution in [0.1, 0.15) is 32.1 Å². The minimum atomic E-state index is 0.0404. The van der Waals surface area contributed by atoms with Crippen LogP contribution in [-0.2, 0) is 9.53 Å². The molecule has 0 bridgehead atoms. The van der Waals surface area contributed by atoms with E-state index in [4.69, 9.17) is 4.74 Å². The van der Waals surface area contributed by atoms with Crippen molar-refractivity contribution in [2.75, 3.05) is 32.8 Å². The lowest BCUT2D eigenvalue weighted by Crippen LogP contribution is -2.31. The molecule has 2 N–H and O–H groups in total. The molecule has 1 amide bonds. The number of rotatable bonds is 7. The van der Waals surface area contributed by atoms with E-state index in [9.17, 15) is 4.79 Å². The van der Waals surface area contributed by atoms with Gasteiger partial charge < -0.3 is 15.4 Å². The number of nitrogens with one attached hydrogen (secondary N) is 2. The predicted molar refractivity (Wildman–Crippen MR) is 66.8 cm³/mol. The number of piperidine rings is 1. The van der Waals surface area contributed by atoms with Crippen LogP contribution in [-0.4, -0.2) is 38.8 Å². The van der Waals surface area contributed by atoms with Gasteiger partial charge in [-0.3, -0.25) is 4.79 Å². The normalized spacial score (nSPS) is 24.6. The van der Waals surface area contributed by atoms with Crippen molar-refractivity contribution in [2.24, 2.45) is 11.8 Å². The molecule has 1 aliphatic carbocycles. The summed E-state index contributed by atoms with van der Waals surface area (Å²) >= 11 is 0. The summed E-state index contributed by atoms with van der Waals surface area (Å²) in [6.45, 7) is 4.04. The fourth-order valence-corrected chi connectivity index (χ4v) is 2.22. The number of carbonyl (C=O) groups excluding carboxylic acids is 1. The van der Waals surface area contributed by atoms with Gasteiger partial charge in [0.05, 0.1) is 0 Å². The van der Waals surface area contributed by atoms with Gasteiger partial charge in [0.25, 0.3) is 0 Å². The zero-order chi connectivity index (χ0) is 11.9. The van der Waals surface area contributed by atoms with E-state index in [1.165, 1.54) is 25.7 Å². The number of hydrogen-bond donors (Lipinski definition) is 2. The summed E-state index contributed by atoms with van der Waals surface area (Å²) in [6.07, 6.45) is 6.19. The Morgan fingerprint density at radius 3 is 2.88 bits per heavy atom. The van der Waals surface area contributed by atoms with Gasteiger partial charge in [0.15, 0.2) is 0 Å². The van der Waals surface area contributed by atoms with E-state index in [1.807, 2.05) is 0 Å². The average Bonchev–Trinajstić information content (AvgIpc) is 3.17. The van der Waals surface area contributed by atoms with E-state index in [-0.39, 0.29) is 12.5 Å². The van der Waals surface area contributed by atoms with Gasteiger partial charge in [0.2, 0.25) is 5.91 Å². The monoisotopic (exact) mass is 240 g/mol. The molecule has 2 aliphatic rings. The SMILES string of the molecule is O=C(COCCC1CCCNC1)NCC1CC1. The van der Waals surface area contributed by atoms with Crippen LogP contribution in [0.2, 0.25) is 0 Å². The summed E-state index contributed by atoms with van der Waals surface area (Å²) in [5.41, 5.74) is 0. The van der Waals surface area contributed by atoms with Crippen molar-refractivity contribution in [2.45, 2.75) is 32.1 Å². The summed E-state index contributed by atoms with van der Waals surface area (Å²) in [6, 6.07) is 0. The Kier molecular flexibility index (Phi) is 5.26. The molecular weight excluding hydrogens is 216 g/mol. The molecule has 4 nitrogen and oxygen atoms in total. The lowest BCUT2D eigenvalue weighted by molar-refractivity contribution is -0.125. The molecule has 0 aromatic heterocycles. The lowest BCUT2D eigenvalue weighted by Gasteiger charge is -2.22. The van der Waals surface area contributed by atoms with Crippen molar-refractivity contribution in [3.8, 4) is 0 Å². The Morgan fingerprint density at radius 1 is 1.29 bits per heavy atom. The predicted octanol–water partition coefficient (Wildman–Crippen LogP) is 0.919. The number of hydrogen-bond acceptors (Lipinski definition) is 3. The quantitative estimate of drug-likeness (QED) is 0.651. The van der Waals surface area contributed by atoms with Gasteiger partial charge in [0, 0.05) is 13.2 Å². The van der Waals surface area contributed by atoms with E-state index in [2.05, 4.69) is 10.6 Å². The Morgan fingerprint density at radius 2 is 2.18 bits per heavy atom. The van der Waals surface area contributed by atoms with Gasteiger partial charge in [0.1, 0.15) is 6.61 Å². The zero-order valence-corrected chi connectivity index (χ0v) is 10.5. The highest BCUT2D eigenvalue weighted by molar-refractivity contribution is 5.77. The standard InChI is InChI=1S/C13H24N2O2/c16-13(15-9-12-3-4-12)10-17-7-5-11-2-1-6-14-8-11/h11-12,14H,1-10H2,(H,15,16). The van der Waals surface area contributed by atoms with Crippen molar-refractivity contribution >= 4 is 5.91 Å². The highest BCUT2D eigenvalue weighted by Crippen LogP contribution is 2.27. The minimum Gasteiger partial charge on any atom is -0.372 e. The van der Waals surface area contributed by atoms with E-state index < -0.39 is 0 Å². The molecule has 1 heterocycles. The van der Waals surface area contributed by atoms with Crippen LogP contribution in [0.15, 0.2) is 0 Å².